The molecule has 0 unspecified atom stereocenters. The maximum absolute atomic E-state index is 2.36. The molecule has 0 radical (unpaired) electrons. The maximum atomic E-state index is 2.36. The van der Waals surface area contributed by atoms with Crippen LogP contribution in [0.25, 0.3) is 178 Å². The Morgan fingerprint density at radius 1 is 0.0859 bits per heavy atom. The van der Waals surface area contributed by atoms with Crippen molar-refractivity contribution in [2.75, 3.05) is 0 Å². The van der Waals surface area contributed by atoms with Gasteiger partial charge >= 0.3 is 0 Å². The van der Waals surface area contributed by atoms with E-state index >= 15 is 0 Å². The summed E-state index contributed by atoms with van der Waals surface area (Å²) in [7, 11) is 0. The number of hydrogen-bond donors (Lipinski definition) is 0. The van der Waals surface area contributed by atoms with Gasteiger partial charge in [0.25, 0.3) is 0 Å². The second-order valence-corrected chi connectivity index (χ2v) is 35.7. The summed E-state index contributed by atoms with van der Waals surface area (Å²) >= 11 is 0. The molecule has 0 aliphatic rings. The molecule has 0 atom stereocenters. The Hall–Kier alpha value is -14.8. The third-order valence-electron chi connectivity index (χ3n) is 24.6. The van der Waals surface area contributed by atoms with Crippen LogP contribution < -0.4 is 0 Å². The predicted molar refractivity (Wildman–Crippen MR) is 553 cm³/mol. The van der Waals surface area contributed by atoms with Gasteiger partial charge in [0, 0.05) is 0 Å². The minimum absolute atomic E-state index is 1.21. The van der Waals surface area contributed by atoms with Crippen LogP contribution in [-0.4, -0.2) is 0 Å². The van der Waals surface area contributed by atoms with E-state index in [4.69, 9.17) is 0 Å². The van der Waals surface area contributed by atoms with Crippen molar-refractivity contribution in [3.8, 4) is 178 Å². The van der Waals surface area contributed by atoms with Crippen molar-refractivity contribution in [3.05, 3.63) is 490 Å². The lowest BCUT2D eigenvalue weighted by Crippen LogP contribution is -1.92. The second kappa shape index (κ2) is 37.9. The quantitative estimate of drug-likeness (QED) is 0.0904. The van der Waals surface area contributed by atoms with E-state index in [1.807, 2.05) is 0 Å². The van der Waals surface area contributed by atoms with Crippen LogP contribution in [0.3, 0.4) is 0 Å². The van der Waals surface area contributed by atoms with Crippen LogP contribution in [0.1, 0.15) is 77.9 Å². The third-order valence-corrected chi connectivity index (χ3v) is 24.6. The summed E-state index contributed by atoms with van der Waals surface area (Å²) in [5.74, 6) is 0. The monoisotopic (exact) mass is 1650 g/mol. The van der Waals surface area contributed by atoms with Crippen molar-refractivity contribution in [1.82, 2.24) is 0 Å². The Morgan fingerprint density at radius 3 is 0.406 bits per heavy atom. The molecule has 622 valence electrons. The summed E-state index contributed by atoms with van der Waals surface area (Å²) < 4.78 is 0. The van der Waals surface area contributed by atoms with Crippen LogP contribution in [0.2, 0.25) is 0 Å². The first kappa shape index (κ1) is 85.4. The van der Waals surface area contributed by atoms with E-state index in [1.54, 1.807) is 0 Å². The fraction of sp³-hybridized carbons (Fsp3) is 0.109. The molecule has 128 heavy (non-hydrogen) atoms. The Labute approximate surface area is 760 Å². The largest absolute Gasteiger partial charge is 0.0622 e. The van der Waals surface area contributed by atoms with Gasteiger partial charge in [-0.3, -0.25) is 0 Å². The van der Waals surface area contributed by atoms with Crippen molar-refractivity contribution in [1.29, 1.82) is 0 Å². The van der Waals surface area contributed by atoms with Gasteiger partial charge in [-0.2, -0.15) is 0 Å². The fourth-order valence-electron chi connectivity index (χ4n) is 18.6. The highest BCUT2D eigenvalue weighted by Gasteiger charge is 2.19. The molecule has 0 heterocycles. The molecule has 0 aliphatic carbocycles. The van der Waals surface area contributed by atoms with Crippen LogP contribution in [0.5, 0.6) is 0 Å². The van der Waals surface area contributed by atoms with Crippen LogP contribution in [0.4, 0.5) is 0 Å². The van der Waals surface area contributed by atoms with Gasteiger partial charge in [0.2, 0.25) is 0 Å². The number of aryl methyl sites for hydroxylation is 14. The highest BCUT2D eigenvalue weighted by molar-refractivity contribution is 5.91. The van der Waals surface area contributed by atoms with E-state index in [1.165, 1.54) is 256 Å². The molecule has 19 rings (SSSR count). The van der Waals surface area contributed by atoms with E-state index in [-0.39, 0.29) is 0 Å². The van der Waals surface area contributed by atoms with Gasteiger partial charge in [0.15, 0.2) is 0 Å². The van der Waals surface area contributed by atoms with Crippen LogP contribution in [0, 0.1) is 96.9 Å². The topological polar surface area (TPSA) is 0 Å². The molecule has 0 heteroatoms. The van der Waals surface area contributed by atoms with Gasteiger partial charge in [-0.1, -0.05) is 388 Å². The third kappa shape index (κ3) is 20.4. The predicted octanol–water partition coefficient (Wildman–Crippen LogP) is 36.0. The molecule has 0 spiro atoms. The van der Waals surface area contributed by atoms with Crippen LogP contribution in [-0.2, 0) is 0 Å². The molecule has 0 amide bonds. The maximum Gasteiger partial charge on any atom is -0.0102 e. The molecule has 0 aromatic heterocycles. The summed E-state index contributed by atoms with van der Waals surface area (Å²) in [5, 5.41) is 0. The number of rotatable bonds is 16. The first-order valence-electron chi connectivity index (χ1n) is 44.9. The summed E-state index contributed by atoms with van der Waals surface area (Å²) in [6, 6.07) is 153. The average Bonchev–Trinajstić information content (AvgIpc) is 1.52. The Kier molecular flexibility index (Phi) is 25.3. The summed E-state index contributed by atoms with van der Waals surface area (Å²) in [6.45, 7) is 30.5. The van der Waals surface area contributed by atoms with E-state index in [0.717, 1.165) is 0 Å². The molecular weight excluding hydrogens is 1540 g/mol. The average molecular weight is 1650 g/mol. The minimum Gasteiger partial charge on any atom is -0.0622 e. The van der Waals surface area contributed by atoms with Crippen molar-refractivity contribution < 1.29 is 0 Å². The Morgan fingerprint density at radius 2 is 0.211 bits per heavy atom. The molecule has 0 aliphatic heterocycles. The molecular formula is C128H110. The summed E-state index contributed by atoms with van der Waals surface area (Å²) in [5.41, 5.74) is 57.6. The normalized spacial score (nSPS) is 11.0. The molecule has 0 bridgehead atoms. The van der Waals surface area contributed by atoms with Gasteiger partial charge in [-0.05, 0) is 377 Å². The van der Waals surface area contributed by atoms with Crippen LogP contribution >= 0.6 is 0 Å². The zero-order valence-corrected chi connectivity index (χ0v) is 76.3. The standard InChI is InChI=1S/2C46H38.C36H34/c1-31-18-32(2)21-39(20-31)45-27-41(35-12-7-5-8-13-35)25-43(29-45)37-16-11-17-38(24-37)44-26-42(36-14-9-6-10-15-36)28-46(30-44)40-22-33(3)19-34(4)23-40;1-31-19-32(2)22-39(21-31)45-27-41(35-11-7-5-8-12-35)25-43(29-45)37-15-17-38(18-16-37)44-26-42(36-13-9-6-10-14-36)28-46(30-44)40-23-33(3)20-34(4)24-40;1-23-13-24(2)16-33(15-23)29-9-7-11-31(21-29)35-19-27(5)28(6)20-36(35)32-12-8-10-30(22-32)34-17-25(3)14-26(4)18-34/h2*5-30H,1-4H3;7-22H,1-6H3. The minimum atomic E-state index is 1.21. The number of benzene rings is 19. The van der Waals surface area contributed by atoms with Crippen molar-refractivity contribution in [2.24, 2.45) is 0 Å². The van der Waals surface area contributed by atoms with Crippen molar-refractivity contribution in [3.63, 3.8) is 0 Å². The lowest BCUT2D eigenvalue weighted by atomic mass is 9.88. The number of hydrogen-bond acceptors (Lipinski definition) is 0. The van der Waals surface area contributed by atoms with Gasteiger partial charge in [-0.15, -0.1) is 0 Å². The summed E-state index contributed by atoms with van der Waals surface area (Å²) in [6.07, 6.45) is 0. The molecule has 19 aromatic rings. The summed E-state index contributed by atoms with van der Waals surface area (Å²) in [4.78, 5) is 0. The highest BCUT2D eigenvalue weighted by Crippen LogP contribution is 2.44. The Bertz CT molecular complexity index is 6720. The second-order valence-electron chi connectivity index (χ2n) is 35.7. The lowest BCUT2D eigenvalue weighted by Gasteiger charge is -2.16. The van der Waals surface area contributed by atoms with E-state index in [2.05, 4.69) is 509 Å². The first-order chi connectivity index (χ1) is 62.0. The smallest absolute Gasteiger partial charge is 0.0102 e. The van der Waals surface area contributed by atoms with Gasteiger partial charge in [0.05, 0.1) is 0 Å². The van der Waals surface area contributed by atoms with E-state index < -0.39 is 0 Å². The molecule has 0 saturated carbocycles. The zero-order valence-electron chi connectivity index (χ0n) is 76.3. The fourth-order valence-corrected chi connectivity index (χ4v) is 18.6. The zero-order chi connectivity index (χ0) is 88.6. The SMILES string of the molecule is Cc1cc(C)cc(-c2cc(-c3ccccc3)cc(-c3ccc(-c4cc(-c5ccccc5)cc(-c5cc(C)cc(C)c5)c4)cc3)c2)c1.Cc1cc(C)cc(-c2cc(-c3ccccc3)cc(-c3cccc(-c4cc(-c5ccccc5)cc(-c5cc(C)cc(C)c5)c4)c3)c2)c1.Cc1cc(C)cc(-c2cccc(-c3cc(C)c(C)cc3-c3cccc(-c4cc(C)cc(C)c4)c3)c2)c1. The molecule has 0 fully saturated rings. The highest BCUT2D eigenvalue weighted by atomic mass is 14.2. The van der Waals surface area contributed by atoms with Gasteiger partial charge < -0.3 is 0 Å². The van der Waals surface area contributed by atoms with Crippen LogP contribution in [0.15, 0.2) is 413 Å². The molecule has 0 saturated heterocycles. The molecule has 0 nitrogen and oxygen atoms in total. The first-order valence-corrected chi connectivity index (χ1v) is 44.9. The van der Waals surface area contributed by atoms with Crippen molar-refractivity contribution >= 4 is 0 Å². The Balaban J connectivity index is 0.000000136. The lowest BCUT2D eigenvalue weighted by molar-refractivity contribution is 1.34. The van der Waals surface area contributed by atoms with Gasteiger partial charge in [0.1, 0.15) is 0 Å². The van der Waals surface area contributed by atoms with E-state index in [9.17, 15) is 0 Å². The van der Waals surface area contributed by atoms with E-state index in [0.29, 0.717) is 0 Å². The molecule has 19 aromatic carbocycles. The molecule has 0 N–H and O–H groups in total. The van der Waals surface area contributed by atoms with Crippen molar-refractivity contribution in [2.45, 2.75) is 96.9 Å². The van der Waals surface area contributed by atoms with Gasteiger partial charge in [-0.25, -0.2) is 0 Å².